The van der Waals surface area contributed by atoms with Gasteiger partial charge in [-0.2, -0.15) is 4.98 Å². The van der Waals surface area contributed by atoms with Crippen LogP contribution in [-0.2, 0) is 0 Å². The first-order valence-corrected chi connectivity index (χ1v) is 6.02. The smallest absolute Gasteiger partial charge is 0.238 e. The quantitative estimate of drug-likeness (QED) is 0.767. The van der Waals surface area contributed by atoms with Gasteiger partial charge in [0.15, 0.2) is 0 Å². The predicted octanol–water partition coefficient (Wildman–Crippen LogP) is 2.58. The molecule has 4 heteroatoms. The van der Waals surface area contributed by atoms with Gasteiger partial charge in [0.05, 0.1) is 12.8 Å². The summed E-state index contributed by atoms with van der Waals surface area (Å²) in [5, 5.41) is 3.29. The monoisotopic (exact) mass is 233 g/mol. The van der Waals surface area contributed by atoms with Crippen molar-refractivity contribution in [1.82, 2.24) is 4.98 Å². The molecule has 1 aliphatic rings. The minimum atomic E-state index is 0.482. The molecule has 0 aliphatic heterocycles. The van der Waals surface area contributed by atoms with Crippen LogP contribution in [0.2, 0.25) is 0 Å². The van der Waals surface area contributed by atoms with Gasteiger partial charge in [-0.3, -0.25) is 0 Å². The molecule has 0 saturated heterocycles. The number of ether oxygens (including phenoxy) is 1. The highest BCUT2D eigenvalue weighted by Gasteiger charge is 2.05. The fourth-order valence-corrected chi connectivity index (χ4v) is 2.03. The Morgan fingerprint density at radius 2 is 2.35 bits per heavy atom. The number of pyridine rings is 1. The summed E-state index contributed by atoms with van der Waals surface area (Å²) in [7, 11) is 1.58. The van der Waals surface area contributed by atoms with Crippen molar-refractivity contribution in [3.63, 3.8) is 0 Å². The molecule has 0 amide bonds. The first-order chi connectivity index (χ1) is 8.29. The van der Waals surface area contributed by atoms with Gasteiger partial charge in [-0.15, -0.1) is 0 Å². The fourth-order valence-electron chi connectivity index (χ4n) is 2.03. The lowest BCUT2D eigenvalue weighted by Crippen LogP contribution is -2.05. The number of nitrogens with one attached hydrogen (secondary N) is 1. The highest BCUT2D eigenvalue weighted by Crippen LogP contribution is 2.22. The molecule has 0 atom stereocenters. The molecule has 0 saturated carbocycles. The van der Waals surface area contributed by atoms with E-state index in [9.17, 15) is 0 Å². The second-order valence-electron chi connectivity index (χ2n) is 4.23. The van der Waals surface area contributed by atoms with Crippen molar-refractivity contribution >= 4 is 11.5 Å². The minimum absolute atomic E-state index is 0.482. The van der Waals surface area contributed by atoms with E-state index in [1.54, 1.807) is 12.7 Å². The largest absolute Gasteiger partial charge is 0.479 e. The second kappa shape index (κ2) is 5.57. The van der Waals surface area contributed by atoms with Gasteiger partial charge in [0, 0.05) is 6.54 Å². The van der Waals surface area contributed by atoms with Crippen LogP contribution in [0.5, 0.6) is 5.88 Å². The number of nitrogens with zero attached hydrogens (tertiary/aromatic N) is 1. The zero-order chi connectivity index (χ0) is 12.1. The molecule has 0 radical (unpaired) electrons. The Labute approximate surface area is 102 Å². The summed E-state index contributed by atoms with van der Waals surface area (Å²) < 4.78 is 5.08. The highest BCUT2D eigenvalue weighted by atomic mass is 16.5. The number of rotatable bonds is 5. The lowest BCUT2D eigenvalue weighted by Gasteiger charge is -2.09. The Balaban J connectivity index is 1.86. The van der Waals surface area contributed by atoms with Crippen LogP contribution in [0, 0.1) is 0 Å². The minimum Gasteiger partial charge on any atom is -0.479 e. The summed E-state index contributed by atoms with van der Waals surface area (Å²) in [6, 6.07) is 3.68. The average Bonchev–Trinajstić information content (AvgIpc) is 2.84. The van der Waals surface area contributed by atoms with Gasteiger partial charge in [-0.25, -0.2) is 0 Å². The third-order valence-electron chi connectivity index (χ3n) is 2.97. The van der Waals surface area contributed by atoms with Crippen LogP contribution >= 0.6 is 0 Å². The van der Waals surface area contributed by atoms with E-state index in [0.717, 1.165) is 18.8 Å². The summed E-state index contributed by atoms with van der Waals surface area (Å²) in [5.74, 6) is 1.30. The Bertz CT molecular complexity index is 415. The van der Waals surface area contributed by atoms with Gasteiger partial charge in [-0.05, 0) is 37.8 Å². The van der Waals surface area contributed by atoms with Gasteiger partial charge in [0.1, 0.15) is 5.82 Å². The molecule has 0 fully saturated rings. The van der Waals surface area contributed by atoms with Gasteiger partial charge < -0.3 is 15.8 Å². The van der Waals surface area contributed by atoms with Crippen molar-refractivity contribution in [3.8, 4) is 5.88 Å². The molecule has 0 aromatic carbocycles. The molecule has 4 nitrogen and oxygen atoms in total. The van der Waals surface area contributed by atoms with Crippen LogP contribution in [0.25, 0.3) is 0 Å². The molecule has 92 valence electrons. The summed E-state index contributed by atoms with van der Waals surface area (Å²) >= 11 is 0. The number of anilines is 2. The Hall–Kier alpha value is -1.71. The maximum atomic E-state index is 5.70. The molecule has 2 rings (SSSR count). The highest BCUT2D eigenvalue weighted by molar-refractivity contribution is 5.53. The van der Waals surface area contributed by atoms with E-state index in [2.05, 4.69) is 16.4 Å². The van der Waals surface area contributed by atoms with Crippen molar-refractivity contribution in [2.75, 3.05) is 24.7 Å². The van der Waals surface area contributed by atoms with Gasteiger partial charge in [0.2, 0.25) is 5.88 Å². The van der Waals surface area contributed by atoms with E-state index < -0.39 is 0 Å². The van der Waals surface area contributed by atoms with Crippen LogP contribution in [0.15, 0.2) is 23.8 Å². The number of nitrogens with two attached hydrogens (primary N) is 1. The van der Waals surface area contributed by atoms with Crippen molar-refractivity contribution in [3.05, 3.63) is 23.8 Å². The molecule has 0 unspecified atom stereocenters. The molecule has 1 heterocycles. The van der Waals surface area contributed by atoms with Crippen LogP contribution in [0.3, 0.4) is 0 Å². The van der Waals surface area contributed by atoms with E-state index in [-0.39, 0.29) is 0 Å². The van der Waals surface area contributed by atoms with Crippen molar-refractivity contribution in [2.24, 2.45) is 0 Å². The zero-order valence-corrected chi connectivity index (χ0v) is 10.2. The lowest BCUT2D eigenvalue weighted by atomic mass is 10.2. The topological polar surface area (TPSA) is 60.2 Å². The van der Waals surface area contributed by atoms with Crippen LogP contribution in [0.1, 0.15) is 25.7 Å². The number of methoxy groups -OCH3 is 1. The molecule has 1 aromatic heterocycles. The fraction of sp³-hybridized carbons (Fsp3) is 0.462. The van der Waals surface area contributed by atoms with Crippen molar-refractivity contribution in [1.29, 1.82) is 0 Å². The number of hydrogen-bond donors (Lipinski definition) is 2. The Morgan fingerprint density at radius 3 is 3.06 bits per heavy atom. The van der Waals surface area contributed by atoms with Crippen molar-refractivity contribution in [2.45, 2.75) is 25.7 Å². The van der Waals surface area contributed by atoms with Gasteiger partial charge in [0.25, 0.3) is 0 Å². The van der Waals surface area contributed by atoms with E-state index in [1.807, 2.05) is 12.1 Å². The maximum absolute atomic E-state index is 5.70. The summed E-state index contributed by atoms with van der Waals surface area (Å²) in [4.78, 5) is 4.28. The van der Waals surface area contributed by atoms with E-state index in [1.165, 1.54) is 19.3 Å². The number of aromatic nitrogens is 1. The Kier molecular flexibility index (Phi) is 3.85. The molecule has 17 heavy (non-hydrogen) atoms. The van der Waals surface area contributed by atoms with Gasteiger partial charge >= 0.3 is 0 Å². The normalized spacial score (nSPS) is 14.5. The van der Waals surface area contributed by atoms with Crippen LogP contribution in [0.4, 0.5) is 11.5 Å². The lowest BCUT2D eigenvalue weighted by molar-refractivity contribution is 0.401. The SMILES string of the molecule is COc1nc(NCCC2=CCCC2)ccc1N. The van der Waals surface area contributed by atoms with E-state index >= 15 is 0 Å². The molecule has 1 aromatic rings. The summed E-state index contributed by atoms with van der Waals surface area (Å²) in [5.41, 5.74) is 7.83. The van der Waals surface area contributed by atoms with E-state index in [0.29, 0.717) is 11.6 Å². The second-order valence-corrected chi connectivity index (χ2v) is 4.23. The third-order valence-corrected chi connectivity index (χ3v) is 2.97. The molecular weight excluding hydrogens is 214 g/mol. The Morgan fingerprint density at radius 1 is 1.47 bits per heavy atom. The molecule has 0 bridgehead atoms. The number of allylic oxidation sites excluding steroid dienone is 1. The first-order valence-electron chi connectivity index (χ1n) is 6.02. The number of nitrogen functional groups attached to an aromatic ring is 1. The summed E-state index contributed by atoms with van der Waals surface area (Å²) in [6.45, 7) is 0.909. The van der Waals surface area contributed by atoms with Crippen LogP contribution in [-0.4, -0.2) is 18.6 Å². The van der Waals surface area contributed by atoms with Gasteiger partial charge in [-0.1, -0.05) is 11.6 Å². The standard InChI is InChI=1S/C13H19N3O/c1-17-13-11(14)6-7-12(16-13)15-9-8-10-4-2-3-5-10/h4,6-7H,2-3,5,8-9,14H2,1H3,(H,15,16). The van der Waals surface area contributed by atoms with E-state index in [4.69, 9.17) is 10.5 Å². The molecule has 0 spiro atoms. The first kappa shape index (κ1) is 11.8. The number of hydrogen-bond acceptors (Lipinski definition) is 4. The molecular formula is C13H19N3O. The maximum Gasteiger partial charge on any atom is 0.238 e. The van der Waals surface area contributed by atoms with Crippen molar-refractivity contribution < 1.29 is 4.74 Å². The molecule has 3 N–H and O–H groups in total. The zero-order valence-electron chi connectivity index (χ0n) is 10.2. The average molecular weight is 233 g/mol. The molecule has 1 aliphatic carbocycles. The third kappa shape index (κ3) is 3.12. The predicted molar refractivity (Wildman–Crippen MR) is 70.2 cm³/mol. The summed E-state index contributed by atoms with van der Waals surface area (Å²) in [6.07, 6.45) is 7.24. The van der Waals surface area contributed by atoms with Crippen LogP contribution < -0.4 is 15.8 Å².